The van der Waals surface area contributed by atoms with Crippen molar-refractivity contribution >= 4 is 0 Å². The second-order valence-corrected chi connectivity index (χ2v) is 5.51. The van der Waals surface area contributed by atoms with Crippen molar-refractivity contribution in [3.05, 3.63) is 41.7 Å². The molecule has 0 saturated carbocycles. The maximum absolute atomic E-state index is 13.4. The largest absolute Gasteiger partial charge is 0.306 e. The van der Waals surface area contributed by atoms with Crippen LogP contribution in [0, 0.1) is 12.7 Å². The third-order valence-corrected chi connectivity index (χ3v) is 3.78. The molecule has 1 fully saturated rings. The van der Waals surface area contributed by atoms with Crippen molar-refractivity contribution in [1.82, 2.24) is 19.7 Å². The normalized spacial score (nSPS) is 20.2. The van der Waals surface area contributed by atoms with Gasteiger partial charge in [0.2, 0.25) is 0 Å². The molecular formula is C15H19FN4. The number of nitrogens with zero attached hydrogens (tertiary/aromatic N) is 4. The molecular weight excluding hydrogens is 255 g/mol. The van der Waals surface area contributed by atoms with E-state index in [9.17, 15) is 4.39 Å². The van der Waals surface area contributed by atoms with Gasteiger partial charge in [0.05, 0.1) is 5.69 Å². The predicted molar refractivity (Wildman–Crippen MR) is 75.5 cm³/mol. The first kappa shape index (κ1) is 13.2. The molecule has 0 radical (unpaired) electrons. The number of likely N-dealkylation sites (N-methyl/N-ethyl adjacent to an activating group) is 1. The maximum Gasteiger partial charge on any atom is 0.148 e. The van der Waals surface area contributed by atoms with E-state index in [-0.39, 0.29) is 5.82 Å². The second kappa shape index (κ2) is 5.32. The minimum Gasteiger partial charge on any atom is -0.306 e. The molecule has 0 N–H and O–H groups in total. The number of halogens is 1. The molecule has 20 heavy (non-hydrogen) atoms. The van der Waals surface area contributed by atoms with Crippen molar-refractivity contribution in [2.45, 2.75) is 25.7 Å². The van der Waals surface area contributed by atoms with Gasteiger partial charge in [-0.2, -0.15) is 5.10 Å². The second-order valence-electron chi connectivity index (χ2n) is 5.51. The highest BCUT2D eigenvalue weighted by atomic mass is 19.1. The van der Waals surface area contributed by atoms with Crippen molar-refractivity contribution in [3.63, 3.8) is 0 Å². The summed E-state index contributed by atoms with van der Waals surface area (Å²) in [7, 11) is 2.13. The SMILES string of the molecule is Cc1nc([C@@H]2CCCN(C)C2)n(-c2cccc(F)c2)n1. The van der Waals surface area contributed by atoms with E-state index < -0.39 is 0 Å². The first-order valence-electron chi connectivity index (χ1n) is 7.01. The summed E-state index contributed by atoms with van der Waals surface area (Å²) < 4.78 is 15.2. The third-order valence-electron chi connectivity index (χ3n) is 3.78. The molecule has 1 aromatic carbocycles. The fraction of sp³-hybridized carbons (Fsp3) is 0.467. The topological polar surface area (TPSA) is 34.0 Å². The minimum absolute atomic E-state index is 0.248. The van der Waals surface area contributed by atoms with Crippen LogP contribution in [0.2, 0.25) is 0 Å². The van der Waals surface area contributed by atoms with Crippen molar-refractivity contribution < 1.29 is 4.39 Å². The molecule has 2 aromatic rings. The summed E-state index contributed by atoms with van der Waals surface area (Å²) in [5, 5.41) is 4.44. The Labute approximate surface area is 118 Å². The molecule has 1 aliphatic rings. The van der Waals surface area contributed by atoms with Crippen LogP contribution in [0.15, 0.2) is 24.3 Å². The fourth-order valence-electron chi connectivity index (χ4n) is 2.87. The average molecular weight is 274 g/mol. The highest BCUT2D eigenvalue weighted by molar-refractivity contribution is 5.32. The molecule has 4 nitrogen and oxygen atoms in total. The van der Waals surface area contributed by atoms with E-state index in [1.807, 2.05) is 13.0 Å². The highest BCUT2D eigenvalue weighted by Crippen LogP contribution is 2.26. The molecule has 1 aliphatic heterocycles. The predicted octanol–water partition coefficient (Wildman–Crippen LogP) is 2.52. The molecule has 0 aliphatic carbocycles. The van der Waals surface area contributed by atoms with Crippen LogP contribution >= 0.6 is 0 Å². The van der Waals surface area contributed by atoms with E-state index in [2.05, 4.69) is 22.0 Å². The Morgan fingerprint density at radius 1 is 1.35 bits per heavy atom. The minimum atomic E-state index is -0.248. The molecule has 3 rings (SSSR count). The first-order valence-corrected chi connectivity index (χ1v) is 7.01. The third kappa shape index (κ3) is 2.58. The van der Waals surface area contributed by atoms with Crippen LogP contribution in [0.3, 0.4) is 0 Å². The molecule has 0 bridgehead atoms. The van der Waals surface area contributed by atoms with Crippen LogP contribution in [0.5, 0.6) is 0 Å². The number of piperidine rings is 1. The Morgan fingerprint density at radius 2 is 2.20 bits per heavy atom. The Balaban J connectivity index is 1.99. The van der Waals surface area contributed by atoms with Crippen LogP contribution in [-0.4, -0.2) is 39.8 Å². The van der Waals surface area contributed by atoms with Crippen LogP contribution in [0.4, 0.5) is 4.39 Å². The van der Waals surface area contributed by atoms with E-state index >= 15 is 0 Å². The Bertz CT molecular complexity index is 608. The van der Waals surface area contributed by atoms with Gasteiger partial charge in [-0.1, -0.05) is 6.07 Å². The first-order chi connectivity index (χ1) is 9.63. The summed E-state index contributed by atoms with van der Waals surface area (Å²) >= 11 is 0. The van der Waals surface area contributed by atoms with E-state index in [4.69, 9.17) is 0 Å². The van der Waals surface area contributed by atoms with Gasteiger partial charge in [-0.15, -0.1) is 0 Å². The van der Waals surface area contributed by atoms with Gasteiger partial charge in [-0.05, 0) is 51.6 Å². The molecule has 5 heteroatoms. The summed E-state index contributed by atoms with van der Waals surface area (Å²) in [5.74, 6) is 1.79. The summed E-state index contributed by atoms with van der Waals surface area (Å²) in [4.78, 5) is 6.89. The van der Waals surface area contributed by atoms with Gasteiger partial charge in [0.15, 0.2) is 0 Å². The van der Waals surface area contributed by atoms with Crippen LogP contribution in [0.1, 0.15) is 30.4 Å². The number of hydrogen-bond acceptors (Lipinski definition) is 3. The molecule has 0 spiro atoms. The van der Waals surface area contributed by atoms with Gasteiger partial charge in [0.25, 0.3) is 0 Å². The van der Waals surface area contributed by atoms with Crippen molar-refractivity contribution in [2.24, 2.45) is 0 Å². The highest BCUT2D eigenvalue weighted by Gasteiger charge is 2.24. The summed E-state index contributed by atoms with van der Waals surface area (Å²) in [6.07, 6.45) is 2.27. The number of aryl methyl sites for hydroxylation is 1. The quantitative estimate of drug-likeness (QED) is 0.844. The van der Waals surface area contributed by atoms with E-state index in [0.717, 1.165) is 43.3 Å². The molecule has 1 aromatic heterocycles. The van der Waals surface area contributed by atoms with Crippen LogP contribution in [-0.2, 0) is 0 Å². The molecule has 0 amide bonds. The monoisotopic (exact) mass is 274 g/mol. The van der Waals surface area contributed by atoms with Gasteiger partial charge in [0.1, 0.15) is 17.5 Å². The Kier molecular flexibility index (Phi) is 3.53. The summed E-state index contributed by atoms with van der Waals surface area (Å²) in [5.41, 5.74) is 0.744. The number of aromatic nitrogens is 3. The van der Waals surface area contributed by atoms with Crippen LogP contribution < -0.4 is 0 Å². The zero-order chi connectivity index (χ0) is 14.1. The molecule has 1 atom stereocenters. The standard InChI is InChI=1S/C15H19FN4/c1-11-17-15(12-5-4-8-19(2)10-12)20(18-11)14-7-3-6-13(16)9-14/h3,6-7,9,12H,4-5,8,10H2,1-2H3/t12-/m1/s1. The molecule has 1 saturated heterocycles. The summed E-state index contributed by atoms with van der Waals surface area (Å²) in [6.45, 7) is 3.99. The van der Waals surface area contributed by atoms with Crippen molar-refractivity contribution in [2.75, 3.05) is 20.1 Å². The van der Waals surface area contributed by atoms with Gasteiger partial charge in [-0.25, -0.2) is 14.1 Å². The van der Waals surface area contributed by atoms with Gasteiger partial charge in [0, 0.05) is 12.5 Å². The van der Waals surface area contributed by atoms with Gasteiger partial charge < -0.3 is 4.90 Å². The van der Waals surface area contributed by atoms with Crippen LogP contribution in [0.25, 0.3) is 5.69 Å². The smallest absolute Gasteiger partial charge is 0.148 e. The lowest BCUT2D eigenvalue weighted by atomic mass is 9.97. The molecule has 2 heterocycles. The molecule has 106 valence electrons. The zero-order valence-corrected chi connectivity index (χ0v) is 11.9. The van der Waals surface area contributed by atoms with Crippen molar-refractivity contribution in [1.29, 1.82) is 0 Å². The van der Waals surface area contributed by atoms with E-state index in [1.54, 1.807) is 10.7 Å². The number of benzene rings is 1. The maximum atomic E-state index is 13.4. The summed E-state index contributed by atoms with van der Waals surface area (Å²) in [6, 6.07) is 6.53. The Morgan fingerprint density at radius 3 is 2.95 bits per heavy atom. The van der Waals surface area contributed by atoms with Gasteiger partial charge in [-0.3, -0.25) is 0 Å². The number of rotatable bonds is 2. The van der Waals surface area contributed by atoms with E-state index in [1.165, 1.54) is 12.1 Å². The van der Waals surface area contributed by atoms with Crippen molar-refractivity contribution in [3.8, 4) is 5.69 Å². The van der Waals surface area contributed by atoms with E-state index in [0.29, 0.717) is 5.92 Å². The lowest BCUT2D eigenvalue weighted by Gasteiger charge is -2.29. The number of likely N-dealkylation sites (tertiary alicyclic amines) is 1. The number of hydrogen-bond donors (Lipinski definition) is 0. The lowest BCUT2D eigenvalue weighted by Crippen LogP contribution is -2.32. The lowest BCUT2D eigenvalue weighted by molar-refractivity contribution is 0.244. The fourth-order valence-corrected chi connectivity index (χ4v) is 2.87. The van der Waals surface area contributed by atoms with Gasteiger partial charge >= 0.3 is 0 Å². The Hall–Kier alpha value is -1.75. The zero-order valence-electron chi connectivity index (χ0n) is 11.9. The molecule has 0 unspecified atom stereocenters. The average Bonchev–Trinajstić information content (AvgIpc) is 2.81.